The Kier molecular flexibility index (Phi) is 3.40. The molecule has 1 amide bonds. The minimum atomic E-state index is -0.450. The maximum Gasteiger partial charge on any atom is 0.289 e. The van der Waals surface area contributed by atoms with Crippen molar-refractivity contribution in [3.63, 3.8) is 0 Å². The van der Waals surface area contributed by atoms with E-state index in [0.717, 1.165) is 5.56 Å². The zero-order chi connectivity index (χ0) is 10.6. The molecule has 0 fully saturated rings. The summed E-state index contributed by atoms with van der Waals surface area (Å²) in [7, 11) is 3.15. The summed E-state index contributed by atoms with van der Waals surface area (Å²) in [5.41, 5.74) is 0.868. The van der Waals surface area contributed by atoms with Crippen molar-refractivity contribution in [2.75, 3.05) is 14.1 Å². The number of likely N-dealkylation sites (N-methyl/N-ethyl adjacent to an activating group) is 1. The van der Waals surface area contributed by atoms with Gasteiger partial charge in [-0.2, -0.15) is 0 Å². The second-order valence-corrected chi connectivity index (χ2v) is 3.29. The van der Waals surface area contributed by atoms with Crippen LogP contribution in [0.1, 0.15) is 5.56 Å². The smallest absolute Gasteiger partial charge is 0.289 e. The molecule has 0 aliphatic heterocycles. The Labute approximate surface area is 83.3 Å². The maximum atomic E-state index is 11.4. The molecular formula is C11H13NO2. The predicted molar refractivity (Wildman–Crippen MR) is 53.8 cm³/mol. The summed E-state index contributed by atoms with van der Waals surface area (Å²) in [6, 6.07) is 9.24. The molecule has 14 heavy (non-hydrogen) atoms. The van der Waals surface area contributed by atoms with Gasteiger partial charge in [-0.05, 0) is 5.56 Å². The van der Waals surface area contributed by atoms with Crippen LogP contribution in [0.4, 0.5) is 0 Å². The lowest BCUT2D eigenvalue weighted by molar-refractivity contribution is -0.142. The summed E-state index contributed by atoms with van der Waals surface area (Å²) in [4.78, 5) is 23.9. The van der Waals surface area contributed by atoms with Crippen LogP contribution in [0.3, 0.4) is 0 Å². The fraction of sp³-hybridized carbons (Fsp3) is 0.273. The van der Waals surface area contributed by atoms with E-state index in [9.17, 15) is 9.59 Å². The minimum absolute atomic E-state index is 0.178. The SMILES string of the molecule is CN(C)C(=O)C(=O)Cc1ccccc1. The first-order chi connectivity index (χ1) is 6.61. The van der Waals surface area contributed by atoms with E-state index < -0.39 is 5.91 Å². The average molecular weight is 191 g/mol. The molecule has 0 aliphatic carbocycles. The molecule has 0 N–H and O–H groups in total. The Bertz CT molecular complexity index is 330. The van der Waals surface area contributed by atoms with E-state index in [4.69, 9.17) is 0 Å². The van der Waals surface area contributed by atoms with Gasteiger partial charge in [-0.15, -0.1) is 0 Å². The monoisotopic (exact) mass is 191 g/mol. The maximum absolute atomic E-state index is 11.4. The van der Waals surface area contributed by atoms with Crippen molar-refractivity contribution in [2.45, 2.75) is 6.42 Å². The molecule has 74 valence electrons. The molecule has 1 rings (SSSR count). The molecule has 0 aliphatic rings. The summed E-state index contributed by atoms with van der Waals surface area (Å²) in [6.07, 6.45) is 0.178. The number of amides is 1. The van der Waals surface area contributed by atoms with Gasteiger partial charge in [0.2, 0.25) is 5.78 Å². The molecule has 3 nitrogen and oxygen atoms in total. The molecule has 0 saturated heterocycles. The van der Waals surface area contributed by atoms with E-state index >= 15 is 0 Å². The first-order valence-electron chi connectivity index (χ1n) is 4.39. The van der Waals surface area contributed by atoms with Crippen LogP contribution < -0.4 is 0 Å². The van der Waals surface area contributed by atoms with Gasteiger partial charge >= 0.3 is 0 Å². The molecule has 3 heteroatoms. The van der Waals surface area contributed by atoms with Gasteiger partial charge < -0.3 is 4.90 Å². The Hall–Kier alpha value is -1.64. The molecule has 0 aromatic heterocycles. The van der Waals surface area contributed by atoms with Crippen molar-refractivity contribution in [1.82, 2.24) is 4.90 Å². The van der Waals surface area contributed by atoms with E-state index in [1.165, 1.54) is 4.90 Å². The van der Waals surface area contributed by atoms with Gasteiger partial charge in [-0.1, -0.05) is 30.3 Å². The van der Waals surface area contributed by atoms with Gasteiger partial charge in [0.25, 0.3) is 5.91 Å². The second-order valence-electron chi connectivity index (χ2n) is 3.29. The van der Waals surface area contributed by atoms with E-state index in [-0.39, 0.29) is 12.2 Å². The number of Topliss-reactive ketones (excluding diaryl/α,β-unsaturated/α-hetero) is 1. The number of carbonyl (C=O) groups excluding carboxylic acids is 2. The lowest BCUT2D eigenvalue weighted by Crippen LogP contribution is -2.30. The van der Waals surface area contributed by atoms with Crippen LogP contribution in [-0.4, -0.2) is 30.7 Å². The summed E-state index contributed by atoms with van der Waals surface area (Å²) >= 11 is 0. The third kappa shape index (κ3) is 2.69. The number of carbonyl (C=O) groups is 2. The van der Waals surface area contributed by atoms with Crippen LogP contribution >= 0.6 is 0 Å². The first-order valence-corrected chi connectivity index (χ1v) is 4.39. The van der Waals surface area contributed by atoms with E-state index in [1.807, 2.05) is 30.3 Å². The molecule has 0 bridgehead atoms. The molecule has 1 aromatic carbocycles. The Morgan fingerprint density at radius 1 is 1.14 bits per heavy atom. The summed E-state index contributed by atoms with van der Waals surface area (Å²) in [6.45, 7) is 0. The highest BCUT2D eigenvalue weighted by Gasteiger charge is 2.15. The van der Waals surface area contributed by atoms with E-state index in [1.54, 1.807) is 14.1 Å². The Balaban J connectivity index is 2.63. The zero-order valence-electron chi connectivity index (χ0n) is 8.36. The van der Waals surface area contributed by atoms with Crippen LogP contribution in [0, 0.1) is 0 Å². The first kappa shape index (κ1) is 10.4. The standard InChI is InChI=1S/C11H13NO2/c1-12(2)11(14)10(13)8-9-6-4-3-5-7-9/h3-7H,8H2,1-2H3. The third-order valence-electron chi connectivity index (χ3n) is 1.85. The van der Waals surface area contributed by atoms with Gasteiger partial charge in [0.1, 0.15) is 0 Å². The molecular weight excluding hydrogens is 178 g/mol. The summed E-state index contributed by atoms with van der Waals surface area (Å²) in [5, 5.41) is 0. The average Bonchev–Trinajstić information content (AvgIpc) is 2.18. The fourth-order valence-corrected chi connectivity index (χ4v) is 1.11. The molecule has 0 saturated carbocycles. The molecule has 0 heterocycles. The number of rotatable bonds is 3. The highest BCUT2D eigenvalue weighted by molar-refractivity contribution is 6.36. The van der Waals surface area contributed by atoms with Crippen molar-refractivity contribution in [3.05, 3.63) is 35.9 Å². The topological polar surface area (TPSA) is 37.4 Å². The fourth-order valence-electron chi connectivity index (χ4n) is 1.11. The number of hydrogen-bond donors (Lipinski definition) is 0. The summed E-state index contributed by atoms with van der Waals surface area (Å²) in [5.74, 6) is -0.824. The highest BCUT2D eigenvalue weighted by Crippen LogP contribution is 2.00. The predicted octanol–water partition coefficient (Wildman–Crippen LogP) is 0.886. The van der Waals surface area contributed by atoms with Crippen LogP contribution in [0.15, 0.2) is 30.3 Å². The van der Waals surface area contributed by atoms with Crippen LogP contribution in [-0.2, 0) is 16.0 Å². The quantitative estimate of drug-likeness (QED) is 0.665. The molecule has 0 spiro atoms. The lowest BCUT2D eigenvalue weighted by Gasteiger charge is -2.08. The van der Waals surface area contributed by atoms with Gasteiger partial charge in [-0.3, -0.25) is 9.59 Å². The van der Waals surface area contributed by atoms with Crippen molar-refractivity contribution in [2.24, 2.45) is 0 Å². The van der Waals surface area contributed by atoms with Gasteiger partial charge in [0, 0.05) is 20.5 Å². The Morgan fingerprint density at radius 2 is 1.71 bits per heavy atom. The van der Waals surface area contributed by atoms with Crippen molar-refractivity contribution < 1.29 is 9.59 Å². The Morgan fingerprint density at radius 3 is 2.21 bits per heavy atom. The number of hydrogen-bond acceptors (Lipinski definition) is 2. The van der Waals surface area contributed by atoms with Gasteiger partial charge in [-0.25, -0.2) is 0 Å². The third-order valence-corrected chi connectivity index (χ3v) is 1.85. The van der Waals surface area contributed by atoms with Crippen LogP contribution in [0.25, 0.3) is 0 Å². The van der Waals surface area contributed by atoms with Crippen molar-refractivity contribution >= 4 is 11.7 Å². The number of benzene rings is 1. The number of nitrogens with zero attached hydrogens (tertiary/aromatic N) is 1. The van der Waals surface area contributed by atoms with Crippen molar-refractivity contribution in [3.8, 4) is 0 Å². The zero-order valence-corrected chi connectivity index (χ0v) is 8.36. The number of ketones is 1. The molecule has 1 aromatic rings. The van der Waals surface area contributed by atoms with Crippen molar-refractivity contribution in [1.29, 1.82) is 0 Å². The van der Waals surface area contributed by atoms with Crippen LogP contribution in [0.2, 0.25) is 0 Å². The van der Waals surface area contributed by atoms with E-state index in [2.05, 4.69) is 0 Å². The minimum Gasteiger partial charge on any atom is -0.342 e. The largest absolute Gasteiger partial charge is 0.342 e. The summed E-state index contributed by atoms with van der Waals surface area (Å²) < 4.78 is 0. The molecule has 0 radical (unpaired) electrons. The highest BCUT2D eigenvalue weighted by atomic mass is 16.2. The van der Waals surface area contributed by atoms with Gasteiger partial charge in [0.15, 0.2) is 0 Å². The normalized spacial score (nSPS) is 9.57. The van der Waals surface area contributed by atoms with Crippen LogP contribution in [0.5, 0.6) is 0 Å². The lowest BCUT2D eigenvalue weighted by atomic mass is 10.1. The second kappa shape index (κ2) is 4.56. The molecule has 0 unspecified atom stereocenters. The molecule has 0 atom stereocenters. The van der Waals surface area contributed by atoms with Gasteiger partial charge in [0.05, 0.1) is 0 Å². The van der Waals surface area contributed by atoms with E-state index in [0.29, 0.717) is 0 Å².